The van der Waals surface area contributed by atoms with Gasteiger partial charge in [-0.15, -0.1) is 0 Å². The molecule has 0 saturated heterocycles. The van der Waals surface area contributed by atoms with Crippen LogP contribution in [0.2, 0.25) is 0 Å². The van der Waals surface area contributed by atoms with Gasteiger partial charge in [0.1, 0.15) is 0 Å². The number of unbranched alkanes of at least 4 members (excludes halogenated alkanes) is 8. The summed E-state index contributed by atoms with van der Waals surface area (Å²) >= 11 is 0. The number of benzene rings is 2. The number of amides is 1. The van der Waals surface area contributed by atoms with E-state index in [0.29, 0.717) is 6.42 Å². The predicted molar refractivity (Wildman–Crippen MR) is 104 cm³/mol. The molecule has 2 aromatic rings. The molecule has 0 heterocycles. The fraction of sp³-hybridized carbons (Fsp3) is 0.500. The van der Waals surface area contributed by atoms with Gasteiger partial charge in [0.15, 0.2) is 0 Å². The summed E-state index contributed by atoms with van der Waals surface area (Å²) in [6, 6.07) is 14.2. The molecule has 2 rings (SSSR count). The second kappa shape index (κ2) is 10.9. The van der Waals surface area contributed by atoms with Crippen LogP contribution in [-0.4, -0.2) is 5.91 Å². The van der Waals surface area contributed by atoms with E-state index in [1.165, 1.54) is 50.3 Å². The molecule has 0 bridgehead atoms. The third-order valence-corrected chi connectivity index (χ3v) is 4.57. The van der Waals surface area contributed by atoms with Gasteiger partial charge in [-0.3, -0.25) is 4.79 Å². The third kappa shape index (κ3) is 6.35. The Balaban J connectivity index is 1.63. The Morgan fingerprint density at radius 2 is 1.42 bits per heavy atom. The monoisotopic (exact) mass is 325 g/mol. The first-order chi connectivity index (χ1) is 11.8. The van der Waals surface area contributed by atoms with E-state index < -0.39 is 0 Å². The fourth-order valence-corrected chi connectivity index (χ4v) is 3.14. The first-order valence-corrected chi connectivity index (χ1v) is 9.59. The Hall–Kier alpha value is -1.83. The summed E-state index contributed by atoms with van der Waals surface area (Å²) in [5.74, 6) is 0.134. The average molecular weight is 325 g/mol. The zero-order valence-corrected chi connectivity index (χ0v) is 15.0. The molecule has 0 aromatic heterocycles. The molecular formula is C22H31NO. The van der Waals surface area contributed by atoms with E-state index in [-0.39, 0.29) is 5.91 Å². The van der Waals surface area contributed by atoms with Gasteiger partial charge >= 0.3 is 0 Å². The summed E-state index contributed by atoms with van der Waals surface area (Å²) in [6.07, 6.45) is 12.1. The molecular weight excluding hydrogens is 294 g/mol. The maximum Gasteiger partial charge on any atom is 0.224 e. The van der Waals surface area contributed by atoms with E-state index in [1.54, 1.807) is 0 Å². The highest BCUT2D eigenvalue weighted by atomic mass is 16.1. The molecule has 1 amide bonds. The van der Waals surface area contributed by atoms with Crippen LogP contribution in [0.15, 0.2) is 42.5 Å². The Kier molecular flexibility index (Phi) is 8.37. The van der Waals surface area contributed by atoms with Gasteiger partial charge in [-0.25, -0.2) is 0 Å². The normalized spacial score (nSPS) is 10.9. The van der Waals surface area contributed by atoms with Crippen molar-refractivity contribution in [1.29, 1.82) is 0 Å². The fourth-order valence-electron chi connectivity index (χ4n) is 3.14. The van der Waals surface area contributed by atoms with Crippen molar-refractivity contribution in [3.8, 4) is 0 Å². The summed E-state index contributed by atoms with van der Waals surface area (Å²) in [5, 5.41) is 5.35. The van der Waals surface area contributed by atoms with Gasteiger partial charge in [-0.2, -0.15) is 0 Å². The minimum atomic E-state index is 0.134. The van der Waals surface area contributed by atoms with Crippen LogP contribution < -0.4 is 5.32 Å². The standard InChI is InChI=1S/C22H31NO/c1-2-3-4-5-6-7-8-9-10-18-22(24)23-21-17-13-15-19-14-11-12-16-20(19)21/h11-17H,2-10,18H2,1H3,(H,23,24). The van der Waals surface area contributed by atoms with Crippen LogP contribution in [-0.2, 0) is 4.79 Å². The zero-order valence-electron chi connectivity index (χ0n) is 15.0. The van der Waals surface area contributed by atoms with Gasteiger partial charge in [-0.1, -0.05) is 94.7 Å². The van der Waals surface area contributed by atoms with Gasteiger partial charge in [0.05, 0.1) is 0 Å². The molecule has 2 heteroatoms. The Bertz CT molecular complexity index is 615. The molecule has 0 aliphatic heterocycles. The first kappa shape index (κ1) is 18.5. The van der Waals surface area contributed by atoms with Crippen LogP contribution in [0.3, 0.4) is 0 Å². The van der Waals surface area contributed by atoms with Crippen molar-refractivity contribution in [3.63, 3.8) is 0 Å². The molecule has 0 radical (unpaired) electrons. The summed E-state index contributed by atoms with van der Waals surface area (Å²) in [4.78, 5) is 12.2. The van der Waals surface area contributed by atoms with Crippen LogP contribution in [0.4, 0.5) is 5.69 Å². The highest BCUT2D eigenvalue weighted by Gasteiger charge is 2.05. The highest BCUT2D eigenvalue weighted by molar-refractivity contribution is 6.02. The van der Waals surface area contributed by atoms with Crippen LogP contribution >= 0.6 is 0 Å². The molecule has 2 aromatic carbocycles. The summed E-state index contributed by atoms with van der Waals surface area (Å²) in [6.45, 7) is 2.25. The van der Waals surface area contributed by atoms with Crippen molar-refractivity contribution in [1.82, 2.24) is 0 Å². The molecule has 0 fully saturated rings. The molecule has 2 nitrogen and oxygen atoms in total. The molecule has 1 N–H and O–H groups in total. The predicted octanol–water partition coefficient (Wildman–Crippen LogP) is 6.70. The lowest BCUT2D eigenvalue weighted by atomic mass is 10.1. The summed E-state index contributed by atoms with van der Waals surface area (Å²) in [7, 11) is 0. The zero-order chi connectivity index (χ0) is 17.0. The van der Waals surface area contributed by atoms with Gasteiger partial charge in [-0.05, 0) is 17.9 Å². The van der Waals surface area contributed by atoms with E-state index in [2.05, 4.69) is 30.4 Å². The van der Waals surface area contributed by atoms with Crippen LogP contribution in [0.1, 0.15) is 71.1 Å². The van der Waals surface area contributed by atoms with Crippen molar-refractivity contribution in [2.45, 2.75) is 71.1 Å². The van der Waals surface area contributed by atoms with Crippen LogP contribution in [0, 0.1) is 0 Å². The quantitative estimate of drug-likeness (QED) is 0.458. The van der Waals surface area contributed by atoms with E-state index in [0.717, 1.165) is 23.9 Å². The van der Waals surface area contributed by atoms with Gasteiger partial charge < -0.3 is 5.32 Å². The molecule has 0 atom stereocenters. The van der Waals surface area contributed by atoms with Gasteiger partial charge in [0.2, 0.25) is 5.91 Å². The maximum absolute atomic E-state index is 12.2. The molecule has 130 valence electrons. The Labute approximate surface area is 146 Å². The van der Waals surface area contributed by atoms with Gasteiger partial charge in [0, 0.05) is 17.5 Å². The lowest BCUT2D eigenvalue weighted by Crippen LogP contribution is -2.11. The second-order valence-corrected chi connectivity index (χ2v) is 6.65. The minimum Gasteiger partial charge on any atom is -0.326 e. The van der Waals surface area contributed by atoms with Crippen molar-refractivity contribution in [2.75, 3.05) is 5.32 Å². The van der Waals surface area contributed by atoms with E-state index in [1.807, 2.05) is 24.3 Å². The first-order valence-electron chi connectivity index (χ1n) is 9.59. The number of nitrogens with one attached hydrogen (secondary N) is 1. The molecule has 24 heavy (non-hydrogen) atoms. The number of hydrogen-bond donors (Lipinski definition) is 1. The van der Waals surface area contributed by atoms with Gasteiger partial charge in [0.25, 0.3) is 0 Å². The van der Waals surface area contributed by atoms with E-state index >= 15 is 0 Å². The summed E-state index contributed by atoms with van der Waals surface area (Å²) in [5.41, 5.74) is 0.925. The van der Waals surface area contributed by atoms with E-state index in [9.17, 15) is 4.79 Å². The summed E-state index contributed by atoms with van der Waals surface area (Å²) < 4.78 is 0. The second-order valence-electron chi connectivity index (χ2n) is 6.65. The third-order valence-electron chi connectivity index (χ3n) is 4.57. The van der Waals surface area contributed by atoms with Crippen molar-refractivity contribution in [2.24, 2.45) is 0 Å². The number of anilines is 1. The average Bonchev–Trinajstić information content (AvgIpc) is 2.61. The van der Waals surface area contributed by atoms with Crippen molar-refractivity contribution in [3.05, 3.63) is 42.5 Å². The topological polar surface area (TPSA) is 29.1 Å². The molecule has 0 unspecified atom stereocenters. The number of carbonyl (C=O) groups is 1. The number of fused-ring (bicyclic) bond motifs is 1. The number of rotatable bonds is 11. The van der Waals surface area contributed by atoms with E-state index in [4.69, 9.17) is 0 Å². The molecule has 0 aliphatic carbocycles. The maximum atomic E-state index is 12.2. The van der Waals surface area contributed by atoms with Crippen molar-refractivity contribution < 1.29 is 4.79 Å². The SMILES string of the molecule is CCCCCCCCCCCC(=O)Nc1cccc2ccccc12. The van der Waals surface area contributed by atoms with Crippen LogP contribution in [0.25, 0.3) is 10.8 Å². The Morgan fingerprint density at radius 1 is 0.792 bits per heavy atom. The highest BCUT2D eigenvalue weighted by Crippen LogP contribution is 2.23. The molecule has 0 spiro atoms. The molecule has 0 aliphatic rings. The molecule has 0 saturated carbocycles. The van der Waals surface area contributed by atoms with Crippen molar-refractivity contribution >= 4 is 22.4 Å². The number of carbonyl (C=O) groups excluding carboxylic acids is 1. The largest absolute Gasteiger partial charge is 0.326 e. The number of hydrogen-bond acceptors (Lipinski definition) is 1. The minimum absolute atomic E-state index is 0.134. The van der Waals surface area contributed by atoms with Crippen LogP contribution in [0.5, 0.6) is 0 Å². The smallest absolute Gasteiger partial charge is 0.224 e. The lowest BCUT2D eigenvalue weighted by molar-refractivity contribution is -0.116. The Morgan fingerprint density at radius 3 is 2.17 bits per heavy atom. The lowest BCUT2D eigenvalue weighted by Gasteiger charge is -2.08.